The molecular weight excluding hydrogens is 1040 g/mol. The molecule has 0 spiro atoms. The quantitative estimate of drug-likeness (QED) is 0.0426. The van der Waals surface area contributed by atoms with E-state index in [0.717, 1.165) is 94.2 Å². The highest BCUT2D eigenvalue weighted by Gasteiger charge is 2.56. The summed E-state index contributed by atoms with van der Waals surface area (Å²) in [5.74, 6) is 2.97. The largest absolute Gasteiger partial charge is 0.453 e. The SMILES string of the molecule is COC(=O)N[C@H](C(=O)NN(Cc1c(F)cc(-c2nnc(C3CC3)s2)cc1F)C[C@H](O)[C@H](Cc1ccc(C#Cc2ccc(N3CC4CCC(C3)N4C3COC3)nc2)cc1)NC(=O)[C@@H](NC(=O)OC)C(C)(C)C(F)(F)F)C(C)(C)C. The van der Waals surface area contributed by atoms with Crippen LogP contribution in [0.25, 0.3) is 10.6 Å². The van der Waals surface area contributed by atoms with E-state index in [1.165, 1.54) is 11.3 Å². The van der Waals surface area contributed by atoms with Crippen LogP contribution in [0.15, 0.2) is 54.7 Å². The smallest absolute Gasteiger partial charge is 0.407 e. The van der Waals surface area contributed by atoms with Crippen molar-refractivity contribution in [2.24, 2.45) is 10.8 Å². The molecule has 18 nitrogen and oxygen atoms in total. The zero-order valence-electron chi connectivity index (χ0n) is 44.4. The van der Waals surface area contributed by atoms with Crippen LogP contribution < -0.4 is 26.3 Å². The molecule has 3 saturated heterocycles. The number of carbonyl (C=O) groups is 4. The summed E-state index contributed by atoms with van der Waals surface area (Å²) in [6, 6.07) is 8.84. The molecule has 78 heavy (non-hydrogen) atoms. The van der Waals surface area contributed by atoms with Crippen molar-refractivity contribution in [1.29, 1.82) is 0 Å². The number of benzene rings is 2. The third-order valence-corrected chi connectivity index (χ3v) is 15.9. The number of hydrazine groups is 1. The number of carbonyl (C=O) groups excluding carboxylic acids is 4. The molecule has 5 heterocycles. The molecule has 1 saturated carbocycles. The van der Waals surface area contributed by atoms with Gasteiger partial charge < -0.3 is 40.2 Å². The van der Waals surface area contributed by atoms with E-state index >= 15 is 8.78 Å². The number of methoxy groups -OCH3 is 2. The topological polar surface area (TPSA) is 213 Å². The number of hydrogen-bond acceptors (Lipinski definition) is 15. The molecule has 5 N–H and O–H groups in total. The van der Waals surface area contributed by atoms with Gasteiger partial charge in [-0.2, -0.15) is 13.2 Å². The molecule has 4 amide bonds. The number of halogens is 5. The van der Waals surface area contributed by atoms with Crippen LogP contribution in [-0.2, 0) is 36.8 Å². The number of alkyl carbamates (subject to hydrolysis) is 2. The van der Waals surface area contributed by atoms with Gasteiger partial charge in [0.2, 0.25) is 5.91 Å². The van der Waals surface area contributed by atoms with E-state index in [1.807, 2.05) is 17.4 Å². The van der Waals surface area contributed by atoms with E-state index in [-0.39, 0.29) is 22.9 Å². The number of aliphatic hydroxyl groups excluding tert-OH is 1. The fourth-order valence-electron chi connectivity index (χ4n) is 9.84. The van der Waals surface area contributed by atoms with E-state index in [0.29, 0.717) is 48.7 Å². The third kappa shape index (κ3) is 13.7. The first-order chi connectivity index (χ1) is 36.9. The minimum Gasteiger partial charge on any atom is -0.453 e. The number of aliphatic hydroxyl groups is 1. The van der Waals surface area contributed by atoms with Crippen LogP contribution in [0.2, 0.25) is 0 Å². The highest BCUT2D eigenvalue weighted by Crippen LogP contribution is 2.43. The summed E-state index contributed by atoms with van der Waals surface area (Å²) in [6.07, 6.45) is -3.61. The molecule has 0 radical (unpaired) electrons. The summed E-state index contributed by atoms with van der Waals surface area (Å²) in [5, 5.41) is 29.3. The highest BCUT2D eigenvalue weighted by molar-refractivity contribution is 7.14. The Morgan fingerprint density at radius 2 is 1.42 bits per heavy atom. The fourth-order valence-corrected chi connectivity index (χ4v) is 10.8. The monoisotopic (exact) mass is 1110 g/mol. The van der Waals surface area contributed by atoms with E-state index < -0.39 is 95.5 Å². The first-order valence-corrected chi connectivity index (χ1v) is 26.5. The van der Waals surface area contributed by atoms with E-state index in [4.69, 9.17) is 14.5 Å². The van der Waals surface area contributed by atoms with Crippen LogP contribution >= 0.6 is 11.3 Å². The Morgan fingerprint density at radius 1 is 0.821 bits per heavy atom. The first-order valence-electron chi connectivity index (χ1n) is 25.7. The van der Waals surface area contributed by atoms with Crippen LogP contribution in [0, 0.1) is 34.3 Å². The second-order valence-electron chi connectivity index (χ2n) is 21.9. The van der Waals surface area contributed by atoms with Crippen molar-refractivity contribution in [2.75, 3.05) is 52.0 Å². The minimum absolute atomic E-state index is 0.109. The summed E-state index contributed by atoms with van der Waals surface area (Å²) in [7, 11) is 2.00. The van der Waals surface area contributed by atoms with Crippen LogP contribution in [-0.4, -0.2) is 150 Å². The second kappa shape index (κ2) is 23.8. The number of rotatable bonds is 18. The number of piperazine rings is 1. The maximum atomic E-state index is 16.2. The van der Waals surface area contributed by atoms with Gasteiger partial charge in [-0.3, -0.25) is 19.9 Å². The standard InChI is InChI=1S/C54H65F5N10O8S/c1-52(2,3)44(62-50(73)75-6)47(72)66-68(26-38-39(55)21-34(22-40(38)56)49-65-64-48(78-49)33-15-16-33)27-42(70)41(61-46(71)45(63-51(74)76-7)53(4,5)54(57,58)59)20-31-11-8-30(9-12-31)10-13-32-14-19-43(60-23-32)67-24-35-17-18-36(25-67)69(35)37-28-77-29-37/h8-9,11-12,14,19,21-23,33,35-37,41-42,44-45,70H,15-18,20,24-29H2,1-7H3,(H,61,71)(H,62,73)(H,63,74)(H,66,72)/t35?,36?,41-,42-,44+,45+/m0/s1. The summed E-state index contributed by atoms with van der Waals surface area (Å²) in [5.41, 5.74) is -0.124. The van der Waals surface area contributed by atoms with Gasteiger partial charge in [0.25, 0.3) is 5.91 Å². The highest BCUT2D eigenvalue weighted by atomic mass is 32.1. The average molecular weight is 1110 g/mol. The van der Waals surface area contributed by atoms with Crippen LogP contribution in [0.3, 0.4) is 0 Å². The molecular formula is C54H65F5N10O8S. The molecule has 1 aliphatic carbocycles. The summed E-state index contributed by atoms with van der Waals surface area (Å²) < 4.78 is 91.0. The van der Waals surface area contributed by atoms with E-state index in [9.17, 15) is 37.5 Å². The number of nitrogens with one attached hydrogen (secondary N) is 4. The number of amides is 4. The van der Waals surface area contributed by atoms with Crippen molar-refractivity contribution in [2.45, 2.75) is 128 Å². The minimum atomic E-state index is -5.05. The Balaban J connectivity index is 1.05. The van der Waals surface area contributed by atoms with Gasteiger partial charge in [0, 0.05) is 72.6 Å². The number of alkyl halides is 3. The first kappa shape index (κ1) is 57.6. The molecule has 4 fully saturated rings. The Labute approximate surface area is 453 Å². The molecule has 4 aromatic rings. The van der Waals surface area contributed by atoms with Gasteiger partial charge in [0.15, 0.2) is 0 Å². The van der Waals surface area contributed by atoms with Gasteiger partial charge in [-0.25, -0.2) is 28.4 Å². The Morgan fingerprint density at radius 3 is 1.96 bits per heavy atom. The van der Waals surface area contributed by atoms with Gasteiger partial charge in [0.1, 0.15) is 39.6 Å². The zero-order valence-corrected chi connectivity index (χ0v) is 45.2. The lowest BCUT2D eigenvalue weighted by molar-refractivity contribution is -0.220. The van der Waals surface area contributed by atoms with Gasteiger partial charge in [0.05, 0.1) is 51.0 Å². The second-order valence-corrected chi connectivity index (χ2v) is 22.9. The van der Waals surface area contributed by atoms with Crippen molar-refractivity contribution < 1.29 is 60.4 Å². The molecule has 2 bridgehead atoms. The molecule has 3 aliphatic heterocycles. The lowest BCUT2D eigenvalue weighted by Crippen LogP contribution is -2.63. The maximum absolute atomic E-state index is 16.2. The maximum Gasteiger partial charge on any atom is 0.407 e. The summed E-state index contributed by atoms with van der Waals surface area (Å²) >= 11 is 1.21. The van der Waals surface area contributed by atoms with Gasteiger partial charge in [-0.1, -0.05) is 56.1 Å². The predicted octanol–water partition coefficient (Wildman–Crippen LogP) is 6.21. The molecule has 8 rings (SSSR count). The molecule has 4 aliphatic rings. The third-order valence-electron chi connectivity index (χ3n) is 14.7. The number of aromatic nitrogens is 3. The van der Waals surface area contributed by atoms with E-state index in [1.54, 1.807) is 51.2 Å². The lowest BCUT2D eigenvalue weighted by Gasteiger charge is -2.47. The van der Waals surface area contributed by atoms with Gasteiger partial charge in [-0.05, 0) is 93.3 Å². The van der Waals surface area contributed by atoms with Crippen molar-refractivity contribution in [1.82, 2.24) is 46.5 Å². The molecule has 2 aromatic carbocycles. The molecule has 24 heteroatoms. The number of pyridine rings is 1. The van der Waals surface area contributed by atoms with Crippen molar-refractivity contribution in [3.8, 4) is 22.4 Å². The molecule has 2 unspecified atom stereocenters. The fraction of sp³-hybridized carbons (Fsp3) is 0.537. The number of hydrogen-bond donors (Lipinski definition) is 5. The van der Waals surface area contributed by atoms with Crippen LogP contribution in [0.5, 0.6) is 0 Å². The number of fused-ring (bicyclic) bond motifs is 2. The Kier molecular flexibility index (Phi) is 17.6. The predicted molar refractivity (Wildman–Crippen MR) is 278 cm³/mol. The zero-order chi connectivity index (χ0) is 56.3. The Bertz CT molecular complexity index is 2830. The van der Waals surface area contributed by atoms with Crippen molar-refractivity contribution >= 4 is 41.2 Å². The normalized spacial score (nSPS) is 19.4. The summed E-state index contributed by atoms with van der Waals surface area (Å²) in [6.45, 7) is 8.16. The molecule has 420 valence electrons. The lowest BCUT2D eigenvalue weighted by atomic mass is 9.82. The van der Waals surface area contributed by atoms with Crippen LogP contribution in [0.4, 0.5) is 37.4 Å². The summed E-state index contributed by atoms with van der Waals surface area (Å²) in [4.78, 5) is 62.8. The van der Waals surface area contributed by atoms with Crippen LogP contribution in [0.1, 0.15) is 93.5 Å². The number of ether oxygens (including phenoxy) is 3. The number of anilines is 1. The number of nitrogens with zero attached hydrogens (tertiary/aromatic N) is 6. The average Bonchev–Trinajstić information content (AvgIpc) is 4.06. The van der Waals surface area contributed by atoms with Gasteiger partial charge in [-0.15, -0.1) is 10.2 Å². The molecule has 2 aromatic heterocycles. The van der Waals surface area contributed by atoms with Gasteiger partial charge >= 0.3 is 18.4 Å². The van der Waals surface area contributed by atoms with Crippen molar-refractivity contribution in [3.05, 3.63) is 93.6 Å². The van der Waals surface area contributed by atoms with E-state index in [2.05, 4.69) is 52.6 Å². The Hall–Kier alpha value is -6.52. The van der Waals surface area contributed by atoms with Crippen molar-refractivity contribution in [3.63, 3.8) is 0 Å². The molecule has 6 atom stereocenters.